The van der Waals surface area contributed by atoms with E-state index in [2.05, 4.69) is 16.2 Å². The Labute approximate surface area is 145 Å². The number of rotatable bonds is 5. The van der Waals surface area contributed by atoms with Crippen molar-refractivity contribution in [2.75, 3.05) is 13.1 Å². The number of nitrogens with two attached hydrogens (primary N) is 1. The van der Waals surface area contributed by atoms with Crippen molar-refractivity contribution >= 4 is 11.8 Å². The fourth-order valence-corrected chi connectivity index (χ4v) is 2.97. The number of primary amides is 1. The molecular weight excluding hydrogens is 322 g/mol. The first-order valence-electron chi connectivity index (χ1n) is 8.15. The average Bonchev–Trinajstić information content (AvgIpc) is 3.04. The second kappa shape index (κ2) is 7.02. The van der Waals surface area contributed by atoms with Gasteiger partial charge >= 0.3 is 0 Å². The molecule has 8 nitrogen and oxygen atoms in total. The van der Waals surface area contributed by atoms with E-state index in [-0.39, 0.29) is 23.7 Å². The van der Waals surface area contributed by atoms with Crippen molar-refractivity contribution in [2.24, 2.45) is 5.73 Å². The molecule has 1 aromatic carbocycles. The first-order chi connectivity index (χ1) is 11.9. The van der Waals surface area contributed by atoms with Crippen molar-refractivity contribution in [1.82, 2.24) is 19.9 Å². The highest BCUT2D eigenvalue weighted by Gasteiger charge is 2.32. The maximum absolute atomic E-state index is 12.7. The quantitative estimate of drug-likeness (QED) is 0.857. The summed E-state index contributed by atoms with van der Waals surface area (Å²) in [5, 5.41) is 3.52. The number of hydrogen-bond donors (Lipinski definition) is 1. The summed E-state index contributed by atoms with van der Waals surface area (Å²) in [5.41, 5.74) is 7.41. The van der Waals surface area contributed by atoms with Gasteiger partial charge in [-0.05, 0) is 19.4 Å². The molecule has 2 amide bonds. The zero-order chi connectivity index (χ0) is 18.0. The molecule has 25 heavy (non-hydrogen) atoms. The fourth-order valence-electron chi connectivity index (χ4n) is 2.97. The van der Waals surface area contributed by atoms with Crippen LogP contribution in [0.15, 0.2) is 28.8 Å². The summed E-state index contributed by atoms with van der Waals surface area (Å²) in [4.78, 5) is 31.5. The van der Waals surface area contributed by atoms with Gasteiger partial charge in [-0.25, -0.2) is 0 Å². The third kappa shape index (κ3) is 3.85. The van der Waals surface area contributed by atoms with E-state index in [1.165, 1.54) is 5.56 Å². The molecule has 8 heteroatoms. The summed E-state index contributed by atoms with van der Waals surface area (Å²) in [5.74, 6) is -0.544. The summed E-state index contributed by atoms with van der Waals surface area (Å²) in [6, 6.07) is 7.86. The SMILES string of the molecule is Cc1cccc(CN2CCN(Cc3nc(C(N)=O)no3)[C@@H](C)C2=O)c1. The normalized spacial score (nSPS) is 18.6. The van der Waals surface area contributed by atoms with E-state index in [0.717, 1.165) is 5.56 Å². The molecule has 0 unspecified atom stereocenters. The summed E-state index contributed by atoms with van der Waals surface area (Å²) in [7, 11) is 0. The second-order valence-electron chi connectivity index (χ2n) is 6.27. The lowest BCUT2D eigenvalue weighted by atomic mass is 10.1. The van der Waals surface area contributed by atoms with Crippen molar-refractivity contribution in [2.45, 2.75) is 33.0 Å². The van der Waals surface area contributed by atoms with E-state index in [0.29, 0.717) is 26.2 Å². The molecule has 0 radical (unpaired) electrons. The van der Waals surface area contributed by atoms with Gasteiger partial charge < -0.3 is 15.2 Å². The van der Waals surface area contributed by atoms with Gasteiger partial charge in [0.15, 0.2) is 0 Å². The Bertz CT molecular complexity index is 788. The number of amides is 2. The molecule has 2 aromatic rings. The zero-order valence-corrected chi connectivity index (χ0v) is 14.3. The van der Waals surface area contributed by atoms with Crippen molar-refractivity contribution in [3.63, 3.8) is 0 Å². The second-order valence-corrected chi connectivity index (χ2v) is 6.27. The minimum Gasteiger partial charge on any atom is -0.363 e. The van der Waals surface area contributed by atoms with Gasteiger partial charge in [0.05, 0.1) is 12.6 Å². The molecule has 3 rings (SSSR count). The Morgan fingerprint density at radius 2 is 2.16 bits per heavy atom. The van der Waals surface area contributed by atoms with Gasteiger partial charge in [0, 0.05) is 19.6 Å². The van der Waals surface area contributed by atoms with Crippen LogP contribution in [-0.4, -0.2) is 50.9 Å². The van der Waals surface area contributed by atoms with E-state index in [9.17, 15) is 9.59 Å². The number of carbonyl (C=O) groups excluding carboxylic acids is 2. The fraction of sp³-hybridized carbons (Fsp3) is 0.412. The average molecular weight is 343 g/mol. The summed E-state index contributed by atoms with van der Waals surface area (Å²) >= 11 is 0. The van der Waals surface area contributed by atoms with Gasteiger partial charge in [0.25, 0.3) is 11.7 Å². The van der Waals surface area contributed by atoms with Crippen molar-refractivity contribution < 1.29 is 14.1 Å². The molecule has 1 aliphatic rings. The molecule has 0 saturated carbocycles. The van der Waals surface area contributed by atoms with Crippen LogP contribution in [0.25, 0.3) is 0 Å². The molecule has 1 atom stereocenters. The van der Waals surface area contributed by atoms with Crippen LogP contribution in [0.2, 0.25) is 0 Å². The highest BCUT2D eigenvalue weighted by Crippen LogP contribution is 2.17. The molecule has 132 valence electrons. The van der Waals surface area contributed by atoms with Crippen LogP contribution in [0.4, 0.5) is 0 Å². The maximum atomic E-state index is 12.7. The van der Waals surface area contributed by atoms with Crippen LogP contribution in [0.3, 0.4) is 0 Å². The highest BCUT2D eigenvalue weighted by atomic mass is 16.5. The summed E-state index contributed by atoms with van der Waals surface area (Å²) in [6.45, 7) is 6.12. The van der Waals surface area contributed by atoms with E-state index in [4.69, 9.17) is 10.3 Å². The predicted octanol–water partition coefficient (Wildman–Crippen LogP) is 0.710. The molecule has 0 bridgehead atoms. The number of aromatic nitrogens is 2. The molecule has 0 spiro atoms. The predicted molar refractivity (Wildman–Crippen MR) is 89.3 cm³/mol. The van der Waals surface area contributed by atoms with Crippen LogP contribution in [-0.2, 0) is 17.9 Å². The lowest BCUT2D eigenvalue weighted by Crippen LogP contribution is -2.54. The highest BCUT2D eigenvalue weighted by molar-refractivity contribution is 5.88. The number of carbonyl (C=O) groups is 2. The third-order valence-corrected chi connectivity index (χ3v) is 4.36. The number of piperazine rings is 1. The van der Waals surface area contributed by atoms with E-state index in [1.807, 2.05) is 41.8 Å². The van der Waals surface area contributed by atoms with Gasteiger partial charge in [0.2, 0.25) is 11.8 Å². The molecule has 1 aromatic heterocycles. The largest absolute Gasteiger partial charge is 0.363 e. The Hall–Kier alpha value is -2.74. The van der Waals surface area contributed by atoms with Crippen molar-refractivity contribution in [3.05, 3.63) is 47.1 Å². The monoisotopic (exact) mass is 343 g/mol. The minimum atomic E-state index is -0.734. The lowest BCUT2D eigenvalue weighted by Gasteiger charge is -2.38. The molecular formula is C17H21N5O3. The molecule has 1 aliphatic heterocycles. The minimum absolute atomic E-state index is 0.0578. The molecule has 2 N–H and O–H groups in total. The number of nitrogens with zero attached hydrogens (tertiary/aromatic N) is 4. The van der Waals surface area contributed by atoms with Gasteiger partial charge in [-0.2, -0.15) is 4.98 Å². The van der Waals surface area contributed by atoms with E-state index >= 15 is 0 Å². The van der Waals surface area contributed by atoms with Crippen LogP contribution >= 0.6 is 0 Å². The van der Waals surface area contributed by atoms with E-state index in [1.54, 1.807) is 0 Å². The Morgan fingerprint density at radius 1 is 1.36 bits per heavy atom. The van der Waals surface area contributed by atoms with Gasteiger partial charge in [-0.15, -0.1) is 0 Å². The number of hydrogen-bond acceptors (Lipinski definition) is 6. The van der Waals surface area contributed by atoms with Crippen molar-refractivity contribution in [3.8, 4) is 0 Å². The Kier molecular flexibility index (Phi) is 4.80. The lowest BCUT2D eigenvalue weighted by molar-refractivity contribution is -0.142. The summed E-state index contributed by atoms with van der Waals surface area (Å²) in [6.07, 6.45) is 0. The Balaban J connectivity index is 1.63. The van der Waals surface area contributed by atoms with Crippen LogP contribution < -0.4 is 5.73 Å². The van der Waals surface area contributed by atoms with Gasteiger partial charge in [-0.1, -0.05) is 35.0 Å². The van der Waals surface area contributed by atoms with Crippen LogP contribution in [0.5, 0.6) is 0 Å². The summed E-state index contributed by atoms with van der Waals surface area (Å²) < 4.78 is 5.02. The standard InChI is InChI=1S/C17H21N5O3/c1-11-4-3-5-13(8-11)9-22-7-6-21(12(2)17(22)24)10-14-19-16(15(18)23)20-25-14/h3-5,8,12H,6-7,9-10H2,1-2H3,(H2,18,23)/t12-/m0/s1. The van der Waals surface area contributed by atoms with E-state index < -0.39 is 5.91 Å². The molecule has 2 heterocycles. The maximum Gasteiger partial charge on any atom is 0.290 e. The number of benzene rings is 1. The van der Waals surface area contributed by atoms with Gasteiger partial charge in [0.1, 0.15) is 0 Å². The Morgan fingerprint density at radius 3 is 2.84 bits per heavy atom. The number of aryl methyl sites for hydroxylation is 1. The molecule has 0 aliphatic carbocycles. The first kappa shape index (κ1) is 17.1. The topological polar surface area (TPSA) is 106 Å². The van der Waals surface area contributed by atoms with Crippen molar-refractivity contribution in [1.29, 1.82) is 0 Å². The molecule has 1 saturated heterocycles. The van der Waals surface area contributed by atoms with Crippen LogP contribution in [0.1, 0.15) is 34.6 Å². The first-order valence-corrected chi connectivity index (χ1v) is 8.15. The zero-order valence-electron chi connectivity index (χ0n) is 14.3. The van der Waals surface area contributed by atoms with Crippen LogP contribution in [0, 0.1) is 6.92 Å². The third-order valence-electron chi connectivity index (χ3n) is 4.36. The molecule has 1 fully saturated rings. The smallest absolute Gasteiger partial charge is 0.290 e. The van der Waals surface area contributed by atoms with Gasteiger partial charge in [-0.3, -0.25) is 14.5 Å².